The van der Waals surface area contributed by atoms with Crippen LogP contribution in [-0.4, -0.2) is 22.6 Å². The fourth-order valence-corrected chi connectivity index (χ4v) is 1.88. The molecule has 0 amide bonds. The van der Waals surface area contributed by atoms with Crippen molar-refractivity contribution in [1.82, 2.24) is 0 Å². The van der Waals surface area contributed by atoms with E-state index in [1.54, 1.807) is 20.8 Å². The van der Waals surface area contributed by atoms with Crippen molar-refractivity contribution < 1.29 is 37.0 Å². The average molecular weight is 336 g/mol. The minimum absolute atomic E-state index is 0.0256. The molecule has 1 aromatic carbocycles. The van der Waals surface area contributed by atoms with E-state index in [0.29, 0.717) is 0 Å². The van der Waals surface area contributed by atoms with Gasteiger partial charge in [0, 0.05) is 11.6 Å². The van der Waals surface area contributed by atoms with E-state index < -0.39 is 65.1 Å². The normalized spacial score (nSPS) is 12.8. The van der Waals surface area contributed by atoms with Crippen molar-refractivity contribution in [3.63, 3.8) is 0 Å². The number of carboxylic acid groups (broad SMARTS) is 1. The minimum Gasteiger partial charge on any atom is -0.481 e. The molecule has 23 heavy (non-hydrogen) atoms. The molecule has 1 rings (SSSR count). The van der Waals surface area contributed by atoms with Gasteiger partial charge in [-0.3, -0.25) is 9.59 Å². The van der Waals surface area contributed by atoms with Crippen molar-refractivity contribution in [1.29, 1.82) is 0 Å². The van der Waals surface area contributed by atoms with Crippen LogP contribution in [0.3, 0.4) is 0 Å². The average Bonchev–Trinajstić information content (AvgIpc) is 2.37. The molecule has 0 spiro atoms. The molecule has 0 saturated carbocycles. The topological polar surface area (TPSA) is 63.6 Å². The SMILES string of the molecule is CC(C)(C)OC(=O)C[C@@H](Cc1c(F)c(F)cc(F)c1F)C(=O)O. The summed E-state index contributed by atoms with van der Waals surface area (Å²) < 4.78 is 58.4. The number of rotatable bonds is 5. The number of aliphatic carboxylic acids is 1. The largest absolute Gasteiger partial charge is 0.481 e. The van der Waals surface area contributed by atoms with Gasteiger partial charge in [0.25, 0.3) is 0 Å². The summed E-state index contributed by atoms with van der Waals surface area (Å²) in [7, 11) is 0. The third kappa shape index (κ3) is 5.22. The van der Waals surface area contributed by atoms with Crippen LogP contribution >= 0.6 is 0 Å². The molecule has 0 heterocycles. The quantitative estimate of drug-likeness (QED) is 0.509. The molecule has 8 heteroatoms. The highest BCUT2D eigenvalue weighted by Crippen LogP contribution is 2.24. The second-order valence-electron chi connectivity index (χ2n) is 5.98. The first kappa shape index (κ1) is 18.9. The number of carbonyl (C=O) groups is 2. The molecule has 4 nitrogen and oxygen atoms in total. The Bertz CT molecular complexity index is 597. The molecule has 0 saturated heterocycles. The lowest BCUT2D eigenvalue weighted by molar-refractivity contribution is -0.159. The second-order valence-corrected chi connectivity index (χ2v) is 5.98. The zero-order chi connectivity index (χ0) is 17.9. The summed E-state index contributed by atoms with van der Waals surface area (Å²) in [5, 5.41) is 9.06. The Balaban J connectivity index is 3.03. The third-order valence-corrected chi connectivity index (χ3v) is 2.84. The molecule has 0 aliphatic heterocycles. The molecule has 0 aliphatic rings. The van der Waals surface area contributed by atoms with Crippen LogP contribution < -0.4 is 0 Å². The van der Waals surface area contributed by atoms with Crippen molar-refractivity contribution in [3.05, 3.63) is 34.9 Å². The maximum Gasteiger partial charge on any atom is 0.307 e. The van der Waals surface area contributed by atoms with Gasteiger partial charge in [0.05, 0.1) is 12.3 Å². The Morgan fingerprint density at radius 2 is 1.61 bits per heavy atom. The van der Waals surface area contributed by atoms with E-state index in [0.717, 1.165) is 0 Å². The fraction of sp³-hybridized carbons (Fsp3) is 0.467. The van der Waals surface area contributed by atoms with E-state index in [1.807, 2.05) is 0 Å². The van der Waals surface area contributed by atoms with Gasteiger partial charge in [-0.2, -0.15) is 0 Å². The van der Waals surface area contributed by atoms with Crippen LogP contribution in [0.15, 0.2) is 6.07 Å². The minimum atomic E-state index is -1.68. The van der Waals surface area contributed by atoms with Crippen LogP contribution in [0.5, 0.6) is 0 Å². The number of carboxylic acids is 1. The Kier molecular flexibility index (Phi) is 5.74. The Hall–Kier alpha value is -2.12. The number of esters is 1. The van der Waals surface area contributed by atoms with Gasteiger partial charge in [0.1, 0.15) is 5.60 Å². The molecule has 0 radical (unpaired) electrons. The summed E-state index contributed by atoms with van der Waals surface area (Å²) in [4.78, 5) is 22.8. The number of hydrogen-bond acceptors (Lipinski definition) is 3. The van der Waals surface area contributed by atoms with Gasteiger partial charge in [-0.05, 0) is 27.2 Å². The molecule has 128 valence electrons. The summed E-state index contributed by atoms with van der Waals surface area (Å²) in [6.45, 7) is 4.67. The first-order valence-corrected chi connectivity index (χ1v) is 6.69. The van der Waals surface area contributed by atoms with E-state index >= 15 is 0 Å². The number of benzene rings is 1. The van der Waals surface area contributed by atoms with Gasteiger partial charge >= 0.3 is 11.9 Å². The van der Waals surface area contributed by atoms with Crippen LogP contribution in [0.4, 0.5) is 17.6 Å². The molecule has 0 unspecified atom stereocenters. The lowest BCUT2D eigenvalue weighted by Crippen LogP contribution is -2.28. The highest BCUT2D eigenvalue weighted by molar-refractivity contribution is 5.79. The number of carbonyl (C=O) groups excluding carboxylic acids is 1. The first-order valence-electron chi connectivity index (χ1n) is 6.69. The van der Waals surface area contributed by atoms with Gasteiger partial charge < -0.3 is 9.84 Å². The van der Waals surface area contributed by atoms with Gasteiger partial charge in [0.15, 0.2) is 23.3 Å². The Morgan fingerprint density at radius 3 is 2.00 bits per heavy atom. The maximum atomic E-state index is 13.6. The summed E-state index contributed by atoms with van der Waals surface area (Å²) >= 11 is 0. The molecular weight excluding hydrogens is 320 g/mol. The third-order valence-electron chi connectivity index (χ3n) is 2.84. The van der Waals surface area contributed by atoms with E-state index in [-0.39, 0.29) is 6.07 Å². The van der Waals surface area contributed by atoms with Gasteiger partial charge in [-0.25, -0.2) is 17.6 Å². The van der Waals surface area contributed by atoms with Gasteiger partial charge in [-0.1, -0.05) is 0 Å². The van der Waals surface area contributed by atoms with Crippen LogP contribution in [0.25, 0.3) is 0 Å². The molecule has 1 atom stereocenters. The molecule has 0 aromatic heterocycles. The van der Waals surface area contributed by atoms with Gasteiger partial charge in [0.2, 0.25) is 0 Å². The van der Waals surface area contributed by atoms with Crippen LogP contribution in [0, 0.1) is 29.2 Å². The lowest BCUT2D eigenvalue weighted by atomic mass is 9.95. The van der Waals surface area contributed by atoms with E-state index in [4.69, 9.17) is 9.84 Å². The predicted octanol–water partition coefficient (Wildman–Crippen LogP) is 3.22. The van der Waals surface area contributed by atoms with E-state index in [9.17, 15) is 27.2 Å². The molecule has 0 fully saturated rings. The molecular formula is C15H16F4O4. The maximum absolute atomic E-state index is 13.6. The smallest absolute Gasteiger partial charge is 0.307 e. The molecule has 0 aliphatic carbocycles. The standard InChI is InChI=1S/C15H16F4O4/c1-15(2,3)23-11(20)5-7(14(21)22)4-8-12(18)9(16)6-10(17)13(8)19/h6-7H,4-5H2,1-3H3,(H,21,22)/t7-/m1/s1. The van der Waals surface area contributed by atoms with Gasteiger partial charge in [-0.15, -0.1) is 0 Å². The lowest BCUT2D eigenvalue weighted by Gasteiger charge is -2.21. The summed E-state index contributed by atoms with van der Waals surface area (Å²) in [5.41, 5.74) is -1.93. The monoisotopic (exact) mass is 336 g/mol. The first-order chi connectivity index (χ1) is 10.4. The Morgan fingerprint density at radius 1 is 1.13 bits per heavy atom. The van der Waals surface area contributed by atoms with Crippen LogP contribution in [0.1, 0.15) is 32.8 Å². The molecule has 1 aromatic rings. The fourth-order valence-electron chi connectivity index (χ4n) is 1.88. The zero-order valence-electron chi connectivity index (χ0n) is 12.8. The number of hydrogen-bond donors (Lipinski definition) is 1. The zero-order valence-corrected chi connectivity index (χ0v) is 12.8. The highest BCUT2D eigenvalue weighted by Gasteiger charge is 2.29. The number of halogens is 4. The summed E-state index contributed by atoms with van der Waals surface area (Å²) in [5.74, 6) is -10.7. The van der Waals surface area contributed by atoms with Crippen molar-refractivity contribution in [2.75, 3.05) is 0 Å². The summed E-state index contributed by atoms with van der Waals surface area (Å²) in [6.07, 6.45) is -1.58. The van der Waals surface area contributed by atoms with Crippen LogP contribution in [-0.2, 0) is 20.7 Å². The van der Waals surface area contributed by atoms with Crippen molar-refractivity contribution >= 4 is 11.9 Å². The van der Waals surface area contributed by atoms with Crippen LogP contribution in [0.2, 0.25) is 0 Å². The van der Waals surface area contributed by atoms with Crippen molar-refractivity contribution in [2.45, 2.75) is 39.2 Å². The molecule has 1 N–H and O–H groups in total. The summed E-state index contributed by atoms with van der Waals surface area (Å²) in [6, 6.07) is 0.0256. The molecule has 0 bridgehead atoms. The predicted molar refractivity (Wildman–Crippen MR) is 71.6 cm³/mol. The van der Waals surface area contributed by atoms with Crippen molar-refractivity contribution in [3.8, 4) is 0 Å². The second kappa shape index (κ2) is 6.97. The highest BCUT2D eigenvalue weighted by atomic mass is 19.2. The van der Waals surface area contributed by atoms with Crippen molar-refractivity contribution in [2.24, 2.45) is 5.92 Å². The Labute approximate surface area is 130 Å². The van der Waals surface area contributed by atoms with E-state index in [2.05, 4.69) is 0 Å². The number of ether oxygens (including phenoxy) is 1. The van der Waals surface area contributed by atoms with E-state index in [1.165, 1.54) is 0 Å².